The van der Waals surface area contributed by atoms with Crippen molar-refractivity contribution in [2.24, 2.45) is 0 Å². The molecule has 0 radical (unpaired) electrons. The van der Waals surface area contributed by atoms with Gasteiger partial charge in [-0.25, -0.2) is 4.98 Å². The summed E-state index contributed by atoms with van der Waals surface area (Å²) in [5.74, 6) is -0.359. The van der Waals surface area contributed by atoms with Crippen LogP contribution >= 0.6 is 11.3 Å². The van der Waals surface area contributed by atoms with Gasteiger partial charge in [0.15, 0.2) is 5.13 Å². The van der Waals surface area contributed by atoms with Gasteiger partial charge in [0.05, 0.1) is 10.6 Å². The molecule has 0 aliphatic rings. The Morgan fingerprint density at radius 1 is 1.36 bits per heavy atom. The van der Waals surface area contributed by atoms with E-state index in [1.807, 2.05) is 18.2 Å². The summed E-state index contributed by atoms with van der Waals surface area (Å²) in [6, 6.07) is 5.50. The minimum Gasteiger partial charge on any atom is -0.300 e. The highest BCUT2D eigenvalue weighted by atomic mass is 32.1. The zero-order chi connectivity index (χ0) is 18.0. The van der Waals surface area contributed by atoms with E-state index in [4.69, 9.17) is 0 Å². The standard InChI is InChI=1S/C15H14N6O3S/c1-9-14(21(23)24)10(2)20(19-9)7-13(22)18-15-17-12(8-25-15)11-5-3-4-6-16-11/h3-6,8H,7H2,1-2H3,(H,17,18,22). The lowest BCUT2D eigenvalue weighted by Gasteiger charge is -2.03. The van der Waals surface area contributed by atoms with Crippen molar-refractivity contribution in [3.63, 3.8) is 0 Å². The minimum atomic E-state index is -0.494. The number of aromatic nitrogens is 4. The first kappa shape index (κ1) is 16.7. The lowest BCUT2D eigenvalue weighted by atomic mass is 10.3. The number of anilines is 1. The molecule has 0 aliphatic heterocycles. The third-order valence-electron chi connectivity index (χ3n) is 3.50. The van der Waals surface area contributed by atoms with Gasteiger partial charge in [-0.2, -0.15) is 5.10 Å². The molecule has 0 bridgehead atoms. The number of nitro groups is 1. The van der Waals surface area contributed by atoms with Crippen LogP contribution in [-0.2, 0) is 11.3 Å². The molecular weight excluding hydrogens is 344 g/mol. The Hall–Kier alpha value is -3.14. The van der Waals surface area contributed by atoms with Gasteiger partial charge in [-0.05, 0) is 26.0 Å². The number of amides is 1. The normalized spacial score (nSPS) is 10.6. The van der Waals surface area contributed by atoms with Crippen LogP contribution in [0, 0.1) is 24.0 Å². The number of hydrogen-bond donors (Lipinski definition) is 1. The summed E-state index contributed by atoms with van der Waals surface area (Å²) >= 11 is 1.28. The van der Waals surface area contributed by atoms with Gasteiger partial charge < -0.3 is 5.32 Å². The number of pyridine rings is 1. The van der Waals surface area contributed by atoms with Crippen LogP contribution in [0.15, 0.2) is 29.8 Å². The van der Waals surface area contributed by atoms with Crippen molar-refractivity contribution in [3.05, 3.63) is 51.3 Å². The molecule has 1 N–H and O–H groups in total. The second-order valence-electron chi connectivity index (χ2n) is 5.24. The van der Waals surface area contributed by atoms with E-state index in [-0.39, 0.29) is 23.8 Å². The van der Waals surface area contributed by atoms with Crippen LogP contribution in [0.2, 0.25) is 0 Å². The molecule has 3 aromatic rings. The van der Waals surface area contributed by atoms with E-state index in [1.165, 1.54) is 16.0 Å². The number of nitrogens with zero attached hydrogens (tertiary/aromatic N) is 5. The molecule has 0 fully saturated rings. The zero-order valence-corrected chi connectivity index (χ0v) is 14.3. The van der Waals surface area contributed by atoms with E-state index < -0.39 is 4.92 Å². The van der Waals surface area contributed by atoms with Gasteiger partial charge in [0.1, 0.15) is 23.6 Å². The third kappa shape index (κ3) is 3.53. The molecule has 3 aromatic heterocycles. The van der Waals surface area contributed by atoms with Gasteiger partial charge in [-0.1, -0.05) is 6.07 Å². The Balaban J connectivity index is 1.71. The Morgan fingerprint density at radius 3 is 2.80 bits per heavy atom. The second-order valence-corrected chi connectivity index (χ2v) is 6.09. The van der Waals surface area contributed by atoms with E-state index in [9.17, 15) is 14.9 Å². The van der Waals surface area contributed by atoms with E-state index in [1.54, 1.807) is 25.4 Å². The zero-order valence-electron chi connectivity index (χ0n) is 13.5. The van der Waals surface area contributed by atoms with E-state index in [0.717, 1.165) is 0 Å². The van der Waals surface area contributed by atoms with Crippen molar-refractivity contribution in [1.29, 1.82) is 0 Å². The minimum absolute atomic E-state index is 0.0699. The van der Waals surface area contributed by atoms with Gasteiger partial charge in [0.2, 0.25) is 5.91 Å². The first-order valence-corrected chi connectivity index (χ1v) is 8.19. The van der Waals surface area contributed by atoms with Crippen LogP contribution in [0.5, 0.6) is 0 Å². The molecule has 0 saturated carbocycles. The Labute approximate surface area is 146 Å². The number of nitrogens with one attached hydrogen (secondary N) is 1. The molecule has 25 heavy (non-hydrogen) atoms. The molecule has 1 amide bonds. The lowest BCUT2D eigenvalue weighted by Crippen LogP contribution is -2.20. The Kier molecular flexibility index (Phi) is 4.52. The number of rotatable bonds is 5. The predicted molar refractivity (Wildman–Crippen MR) is 92.3 cm³/mol. The summed E-state index contributed by atoms with van der Waals surface area (Å²) in [4.78, 5) is 31.2. The van der Waals surface area contributed by atoms with Crippen LogP contribution in [0.25, 0.3) is 11.4 Å². The van der Waals surface area contributed by atoms with Crippen molar-refractivity contribution in [1.82, 2.24) is 19.7 Å². The monoisotopic (exact) mass is 358 g/mol. The van der Waals surface area contributed by atoms with E-state index in [2.05, 4.69) is 20.4 Å². The maximum atomic E-state index is 12.2. The lowest BCUT2D eigenvalue weighted by molar-refractivity contribution is -0.386. The van der Waals surface area contributed by atoms with E-state index in [0.29, 0.717) is 22.2 Å². The molecule has 3 rings (SSSR count). The molecule has 9 nitrogen and oxygen atoms in total. The summed E-state index contributed by atoms with van der Waals surface area (Å²) in [6.07, 6.45) is 1.67. The van der Waals surface area contributed by atoms with Crippen LogP contribution in [0.3, 0.4) is 0 Å². The fourth-order valence-corrected chi connectivity index (χ4v) is 3.08. The number of carbonyl (C=O) groups excluding carboxylic acids is 1. The van der Waals surface area contributed by atoms with Gasteiger partial charge >= 0.3 is 5.69 Å². The molecule has 0 unspecified atom stereocenters. The van der Waals surface area contributed by atoms with Crippen molar-refractivity contribution in [2.75, 3.05) is 5.32 Å². The van der Waals surface area contributed by atoms with Crippen LogP contribution in [0.4, 0.5) is 10.8 Å². The molecule has 128 valence electrons. The molecule has 0 aliphatic carbocycles. The highest BCUT2D eigenvalue weighted by Gasteiger charge is 2.23. The summed E-state index contributed by atoms with van der Waals surface area (Å²) in [5.41, 5.74) is 1.93. The molecular formula is C15H14N6O3S. The first-order chi connectivity index (χ1) is 12.0. The summed E-state index contributed by atoms with van der Waals surface area (Å²) in [5, 5.41) is 20.0. The number of aryl methyl sites for hydroxylation is 1. The average Bonchev–Trinajstić information content (AvgIpc) is 3.13. The number of thiazole rings is 1. The van der Waals surface area contributed by atoms with Crippen molar-refractivity contribution in [2.45, 2.75) is 20.4 Å². The third-order valence-corrected chi connectivity index (χ3v) is 4.25. The van der Waals surface area contributed by atoms with Crippen molar-refractivity contribution < 1.29 is 9.72 Å². The second kappa shape index (κ2) is 6.77. The largest absolute Gasteiger partial charge is 0.312 e. The molecule has 3 heterocycles. The maximum absolute atomic E-state index is 12.2. The highest BCUT2D eigenvalue weighted by Crippen LogP contribution is 2.24. The topological polar surface area (TPSA) is 116 Å². The van der Waals surface area contributed by atoms with Gasteiger partial charge in [0.25, 0.3) is 0 Å². The Bertz CT molecular complexity index is 934. The molecule has 0 aromatic carbocycles. The summed E-state index contributed by atoms with van der Waals surface area (Å²) < 4.78 is 1.32. The molecule has 0 atom stereocenters. The average molecular weight is 358 g/mol. The summed E-state index contributed by atoms with van der Waals surface area (Å²) in [6.45, 7) is 2.98. The summed E-state index contributed by atoms with van der Waals surface area (Å²) in [7, 11) is 0. The molecule has 10 heteroatoms. The Morgan fingerprint density at radius 2 is 2.16 bits per heavy atom. The van der Waals surface area contributed by atoms with Gasteiger partial charge in [0, 0.05) is 11.6 Å². The smallest absolute Gasteiger partial charge is 0.300 e. The predicted octanol–water partition coefficient (Wildman–Crippen LogP) is 2.57. The quantitative estimate of drug-likeness (QED) is 0.553. The number of carbonyl (C=O) groups is 1. The fraction of sp³-hybridized carbons (Fsp3) is 0.200. The maximum Gasteiger partial charge on any atom is 0.312 e. The van der Waals surface area contributed by atoms with Crippen LogP contribution < -0.4 is 5.32 Å². The van der Waals surface area contributed by atoms with Crippen LogP contribution in [-0.4, -0.2) is 30.6 Å². The first-order valence-electron chi connectivity index (χ1n) is 7.31. The van der Waals surface area contributed by atoms with Crippen molar-refractivity contribution in [3.8, 4) is 11.4 Å². The van der Waals surface area contributed by atoms with Gasteiger partial charge in [-0.15, -0.1) is 11.3 Å². The van der Waals surface area contributed by atoms with E-state index >= 15 is 0 Å². The van der Waals surface area contributed by atoms with Crippen molar-refractivity contribution >= 4 is 28.1 Å². The van der Waals surface area contributed by atoms with Crippen LogP contribution in [0.1, 0.15) is 11.4 Å². The molecule has 0 saturated heterocycles. The fourth-order valence-electron chi connectivity index (χ4n) is 2.36. The highest BCUT2D eigenvalue weighted by molar-refractivity contribution is 7.14. The SMILES string of the molecule is Cc1nn(CC(=O)Nc2nc(-c3ccccn3)cs2)c(C)c1[N+](=O)[O-]. The number of hydrogen-bond acceptors (Lipinski definition) is 7. The molecule has 0 spiro atoms. The van der Waals surface area contributed by atoms with Gasteiger partial charge in [-0.3, -0.25) is 24.6 Å².